The zero-order chi connectivity index (χ0) is 23.8. The summed E-state index contributed by atoms with van der Waals surface area (Å²) in [5.41, 5.74) is 0.365. The standard InChI is InChI=1S/C21H16ClN5O5S/c1-26-18-5-3-2-4-16(18)20(21(26)28)24-23-17-11-10-15(12-19(17)27(29)30)33(31,32)25-14-8-6-13(22)7-9-14/h2-12,25,28H,1H3. The Morgan fingerprint density at radius 3 is 2.45 bits per heavy atom. The molecule has 0 aliphatic carbocycles. The number of rotatable bonds is 6. The van der Waals surface area contributed by atoms with Crippen LogP contribution in [0.15, 0.2) is 81.9 Å². The number of azo groups is 1. The van der Waals surface area contributed by atoms with E-state index in [-0.39, 0.29) is 27.8 Å². The van der Waals surface area contributed by atoms with E-state index in [1.165, 1.54) is 41.0 Å². The van der Waals surface area contributed by atoms with Crippen molar-refractivity contribution >= 4 is 55.3 Å². The number of para-hydroxylation sites is 1. The number of aromatic nitrogens is 1. The molecular formula is C21H16ClN5O5S. The maximum Gasteiger partial charge on any atom is 0.298 e. The lowest BCUT2D eigenvalue weighted by atomic mass is 10.2. The summed E-state index contributed by atoms with van der Waals surface area (Å²) in [7, 11) is -2.47. The third-order valence-electron chi connectivity index (χ3n) is 4.86. The molecule has 0 aliphatic heterocycles. The number of nitrogens with zero attached hydrogens (tertiary/aromatic N) is 4. The van der Waals surface area contributed by atoms with Gasteiger partial charge in [0, 0.05) is 29.2 Å². The zero-order valence-corrected chi connectivity index (χ0v) is 18.6. The van der Waals surface area contributed by atoms with Crippen LogP contribution in [-0.4, -0.2) is 23.0 Å². The Morgan fingerprint density at radius 2 is 1.76 bits per heavy atom. The highest BCUT2D eigenvalue weighted by Gasteiger charge is 2.22. The average Bonchev–Trinajstić information content (AvgIpc) is 3.03. The Bertz CT molecular complexity index is 1510. The van der Waals surface area contributed by atoms with Gasteiger partial charge in [0.25, 0.3) is 15.7 Å². The van der Waals surface area contributed by atoms with Crippen LogP contribution >= 0.6 is 11.6 Å². The van der Waals surface area contributed by atoms with Gasteiger partial charge in [-0.1, -0.05) is 29.8 Å². The van der Waals surface area contributed by atoms with Crippen LogP contribution < -0.4 is 4.72 Å². The fourth-order valence-corrected chi connectivity index (χ4v) is 4.40. The molecule has 0 atom stereocenters. The van der Waals surface area contributed by atoms with Gasteiger partial charge in [-0.15, -0.1) is 10.2 Å². The van der Waals surface area contributed by atoms with E-state index < -0.39 is 20.6 Å². The van der Waals surface area contributed by atoms with Gasteiger partial charge in [-0.2, -0.15) is 0 Å². The van der Waals surface area contributed by atoms with Gasteiger partial charge in [0.2, 0.25) is 5.88 Å². The lowest BCUT2D eigenvalue weighted by Crippen LogP contribution is -2.13. The summed E-state index contributed by atoms with van der Waals surface area (Å²) in [6.45, 7) is 0. The smallest absolute Gasteiger partial charge is 0.298 e. The Hall–Kier alpha value is -3.96. The number of sulfonamides is 1. The molecular weight excluding hydrogens is 470 g/mol. The van der Waals surface area contributed by atoms with E-state index in [1.54, 1.807) is 31.3 Å². The second kappa shape index (κ2) is 8.52. The summed E-state index contributed by atoms with van der Waals surface area (Å²) in [6, 6.07) is 16.3. The van der Waals surface area contributed by atoms with Gasteiger partial charge in [-0.05, 0) is 42.5 Å². The molecule has 0 aliphatic rings. The van der Waals surface area contributed by atoms with E-state index in [4.69, 9.17) is 11.6 Å². The fraction of sp³-hybridized carbons (Fsp3) is 0.0476. The van der Waals surface area contributed by atoms with Gasteiger partial charge in [-0.3, -0.25) is 14.8 Å². The van der Waals surface area contributed by atoms with Crippen LogP contribution in [0, 0.1) is 10.1 Å². The van der Waals surface area contributed by atoms with E-state index in [0.29, 0.717) is 15.9 Å². The van der Waals surface area contributed by atoms with Crippen LogP contribution in [0.3, 0.4) is 0 Å². The number of hydrogen-bond acceptors (Lipinski definition) is 7. The number of nitro groups is 1. The number of aromatic hydroxyl groups is 1. The Balaban J connectivity index is 1.71. The summed E-state index contributed by atoms with van der Waals surface area (Å²) in [5, 5.41) is 30.9. The van der Waals surface area contributed by atoms with E-state index in [2.05, 4.69) is 15.0 Å². The van der Waals surface area contributed by atoms with Crippen molar-refractivity contribution in [1.29, 1.82) is 0 Å². The van der Waals surface area contributed by atoms with Crippen molar-refractivity contribution in [3.8, 4) is 5.88 Å². The Kier molecular flexibility index (Phi) is 5.75. The fourth-order valence-electron chi connectivity index (χ4n) is 3.20. The first-order chi connectivity index (χ1) is 15.7. The molecule has 0 radical (unpaired) electrons. The number of aryl methyl sites for hydroxylation is 1. The molecule has 1 heterocycles. The van der Waals surface area contributed by atoms with Crippen molar-refractivity contribution in [3.05, 3.63) is 81.9 Å². The topological polar surface area (TPSA) is 139 Å². The predicted molar refractivity (Wildman–Crippen MR) is 124 cm³/mol. The van der Waals surface area contributed by atoms with E-state index >= 15 is 0 Å². The zero-order valence-electron chi connectivity index (χ0n) is 17.0. The number of benzene rings is 3. The van der Waals surface area contributed by atoms with Crippen molar-refractivity contribution in [3.63, 3.8) is 0 Å². The minimum Gasteiger partial charge on any atom is -0.493 e. The van der Waals surface area contributed by atoms with Gasteiger partial charge >= 0.3 is 0 Å². The first-order valence-corrected chi connectivity index (χ1v) is 11.3. The van der Waals surface area contributed by atoms with E-state index in [0.717, 1.165) is 6.07 Å². The van der Waals surface area contributed by atoms with Gasteiger partial charge in [0.15, 0.2) is 11.4 Å². The van der Waals surface area contributed by atoms with Crippen molar-refractivity contribution in [2.45, 2.75) is 4.90 Å². The average molecular weight is 486 g/mol. The SMILES string of the molecule is Cn1c(O)c(N=Nc2ccc(S(=O)(=O)Nc3ccc(Cl)cc3)cc2[N+](=O)[O-])c2ccccc21. The molecule has 0 spiro atoms. The number of hydrogen-bond donors (Lipinski definition) is 2. The van der Waals surface area contributed by atoms with Crippen LogP contribution in [-0.2, 0) is 17.1 Å². The minimum atomic E-state index is -4.11. The van der Waals surface area contributed by atoms with Crippen molar-refractivity contribution < 1.29 is 18.4 Å². The van der Waals surface area contributed by atoms with E-state index in [9.17, 15) is 23.6 Å². The van der Waals surface area contributed by atoms with Gasteiger partial charge in [0.05, 0.1) is 15.3 Å². The van der Waals surface area contributed by atoms with Crippen LogP contribution in [0.5, 0.6) is 5.88 Å². The quantitative estimate of drug-likeness (QED) is 0.206. The number of nitrogens with one attached hydrogen (secondary N) is 1. The van der Waals surface area contributed by atoms with Crippen LogP contribution in [0.1, 0.15) is 0 Å². The molecule has 0 saturated heterocycles. The monoisotopic (exact) mass is 485 g/mol. The van der Waals surface area contributed by atoms with Crippen molar-refractivity contribution in [2.75, 3.05) is 4.72 Å². The molecule has 12 heteroatoms. The van der Waals surface area contributed by atoms with Crippen molar-refractivity contribution in [2.24, 2.45) is 17.3 Å². The lowest BCUT2D eigenvalue weighted by Gasteiger charge is -2.08. The summed E-state index contributed by atoms with van der Waals surface area (Å²) >= 11 is 5.80. The van der Waals surface area contributed by atoms with E-state index in [1.807, 2.05) is 0 Å². The largest absolute Gasteiger partial charge is 0.493 e. The molecule has 0 saturated carbocycles. The third-order valence-corrected chi connectivity index (χ3v) is 6.49. The summed E-state index contributed by atoms with van der Waals surface area (Å²) < 4.78 is 29.2. The maximum atomic E-state index is 12.7. The highest BCUT2D eigenvalue weighted by atomic mass is 35.5. The molecule has 10 nitrogen and oxygen atoms in total. The lowest BCUT2D eigenvalue weighted by molar-refractivity contribution is -0.384. The molecule has 4 rings (SSSR count). The number of halogens is 1. The molecule has 4 aromatic rings. The normalized spacial score (nSPS) is 11.8. The third kappa shape index (κ3) is 4.36. The Labute approximate surface area is 193 Å². The molecule has 0 fully saturated rings. The van der Waals surface area contributed by atoms with Gasteiger partial charge < -0.3 is 9.67 Å². The second-order valence-corrected chi connectivity index (χ2v) is 9.09. The molecule has 1 aromatic heterocycles. The van der Waals surface area contributed by atoms with Crippen LogP contribution in [0.25, 0.3) is 10.9 Å². The summed E-state index contributed by atoms with van der Waals surface area (Å²) in [5.74, 6) is -0.158. The minimum absolute atomic E-state index is 0.142. The number of nitro benzene ring substituents is 1. The molecule has 0 bridgehead atoms. The van der Waals surface area contributed by atoms with Gasteiger partial charge in [0.1, 0.15) is 0 Å². The van der Waals surface area contributed by atoms with Gasteiger partial charge in [-0.25, -0.2) is 8.42 Å². The van der Waals surface area contributed by atoms with Crippen LogP contribution in [0.2, 0.25) is 5.02 Å². The highest BCUT2D eigenvalue weighted by Crippen LogP contribution is 2.39. The van der Waals surface area contributed by atoms with Crippen molar-refractivity contribution in [1.82, 2.24) is 4.57 Å². The highest BCUT2D eigenvalue weighted by molar-refractivity contribution is 7.92. The molecule has 2 N–H and O–H groups in total. The molecule has 33 heavy (non-hydrogen) atoms. The molecule has 0 amide bonds. The number of anilines is 1. The molecule has 3 aromatic carbocycles. The first kappa shape index (κ1) is 22.2. The second-order valence-electron chi connectivity index (χ2n) is 6.97. The summed E-state index contributed by atoms with van der Waals surface area (Å²) in [6.07, 6.45) is 0. The first-order valence-electron chi connectivity index (χ1n) is 9.42. The Morgan fingerprint density at radius 1 is 1.06 bits per heavy atom. The summed E-state index contributed by atoms with van der Waals surface area (Å²) in [4.78, 5) is 10.5. The molecule has 0 unspecified atom stereocenters. The van der Waals surface area contributed by atoms with Crippen LogP contribution in [0.4, 0.5) is 22.7 Å². The molecule has 168 valence electrons. The predicted octanol–water partition coefficient (Wildman–Crippen LogP) is 5.66. The number of fused-ring (bicyclic) bond motifs is 1. The maximum absolute atomic E-state index is 12.7.